The van der Waals surface area contributed by atoms with Gasteiger partial charge in [0.2, 0.25) is 0 Å². The normalized spacial score (nSPS) is 27.5. The minimum Gasteiger partial charge on any atom is -0.311 e. The maximum Gasteiger partial charge on any atom is 0.0269 e. The van der Waals surface area contributed by atoms with E-state index in [4.69, 9.17) is 0 Å². The number of nitrogens with one attached hydrogen (secondary N) is 1. The van der Waals surface area contributed by atoms with Crippen LogP contribution in [0.25, 0.3) is 0 Å². The van der Waals surface area contributed by atoms with Crippen molar-refractivity contribution in [1.82, 2.24) is 10.2 Å². The molecule has 1 saturated heterocycles. The van der Waals surface area contributed by atoms with Crippen molar-refractivity contribution in [2.24, 2.45) is 11.3 Å². The molecular formula is C17H36N2. The van der Waals surface area contributed by atoms with Crippen molar-refractivity contribution in [3.63, 3.8) is 0 Å². The second kappa shape index (κ2) is 7.64. The Morgan fingerprint density at radius 2 is 1.95 bits per heavy atom. The number of hydrogen-bond donors (Lipinski definition) is 1. The van der Waals surface area contributed by atoms with Crippen molar-refractivity contribution in [3.05, 3.63) is 0 Å². The van der Waals surface area contributed by atoms with Gasteiger partial charge in [-0.25, -0.2) is 0 Å². The summed E-state index contributed by atoms with van der Waals surface area (Å²) in [6.07, 6.45) is 5.45. The number of rotatable bonds is 6. The lowest BCUT2D eigenvalue weighted by Gasteiger charge is -2.47. The van der Waals surface area contributed by atoms with Gasteiger partial charge in [0.25, 0.3) is 0 Å². The van der Waals surface area contributed by atoms with Crippen LogP contribution in [0, 0.1) is 11.3 Å². The molecule has 3 atom stereocenters. The summed E-state index contributed by atoms with van der Waals surface area (Å²) in [5, 5.41) is 3.66. The fourth-order valence-electron chi connectivity index (χ4n) is 3.29. The molecule has 1 aliphatic rings. The average molecular weight is 268 g/mol. The molecule has 0 aromatic carbocycles. The zero-order valence-electron chi connectivity index (χ0n) is 14.1. The van der Waals surface area contributed by atoms with E-state index < -0.39 is 0 Å². The Morgan fingerprint density at radius 3 is 2.47 bits per heavy atom. The van der Waals surface area contributed by atoms with Crippen molar-refractivity contribution in [2.75, 3.05) is 19.6 Å². The topological polar surface area (TPSA) is 15.3 Å². The first kappa shape index (κ1) is 17.0. The van der Waals surface area contributed by atoms with Gasteiger partial charge >= 0.3 is 0 Å². The van der Waals surface area contributed by atoms with Crippen molar-refractivity contribution in [1.29, 1.82) is 0 Å². The summed E-state index contributed by atoms with van der Waals surface area (Å²) in [6.45, 7) is 17.8. The van der Waals surface area contributed by atoms with E-state index in [1.165, 1.54) is 38.8 Å². The van der Waals surface area contributed by atoms with E-state index in [1.807, 2.05) is 0 Å². The highest BCUT2D eigenvalue weighted by Gasteiger charge is 2.34. The van der Waals surface area contributed by atoms with Crippen LogP contribution in [0.5, 0.6) is 0 Å². The molecule has 0 saturated carbocycles. The van der Waals surface area contributed by atoms with Gasteiger partial charge < -0.3 is 5.32 Å². The van der Waals surface area contributed by atoms with Crippen LogP contribution in [0.2, 0.25) is 0 Å². The van der Waals surface area contributed by atoms with E-state index in [2.05, 4.69) is 51.8 Å². The van der Waals surface area contributed by atoms with Gasteiger partial charge in [0.05, 0.1) is 0 Å². The smallest absolute Gasteiger partial charge is 0.0269 e. The van der Waals surface area contributed by atoms with Crippen molar-refractivity contribution >= 4 is 0 Å². The molecule has 0 aliphatic carbocycles. The monoisotopic (exact) mass is 268 g/mol. The van der Waals surface area contributed by atoms with Crippen molar-refractivity contribution < 1.29 is 0 Å². The molecule has 114 valence electrons. The fourth-order valence-corrected chi connectivity index (χ4v) is 3.29. The third kappa shape index (κ3) is 5.43. The molecule has 0 spiro atoms. The first-order valence-electron chi connectivity index (χ1n) is 8.35. The van der Waals surface area contributed by atoms with Crippen LogP contribution in [0.15, 0.2) is 0 Å². The van der Waals surface area contributed by atoms with Crippen LogP contribution in [0.3, 0.4) is 0 Å². The van der Waals surface area contributed by atoms with E-state index in [-0.39, 0.29) is 0 Å². The molecule has 19 heavy (non-hydrogen) atoms. The predicted molar refractivity (Wildman–Crippen MR) is 85.6 cm³/mol. The molecular weight excluding hydrogens is 232 g/mol. The number of unbranched alkanes of at least 4 members (excludes halogenated alkanes) is 1. The van der Waals surface area contributed by atoms with Crippen LogP contribution >= 0.6 is 0 Å². The van der Waals surface area contributed by atoms with Crippen LogP contribution < -0.4 is 5.32 Å². The molecule has 1 rings (SSSR count). The van der Waals surface area contributed by atoms with Gasteiger partial charge in [-0.05, 0) is 24.7 Å². The van der Waals surface area contributed by atoms with Crippen LogP contribution in [0.1, 0.15) is 67.2 Å². The number of piperazine rings is 1. The zero-order chi connectivity index (χ0) is 14.5. The highest BCUT2D eigenvalue weighted by Crippen LogP contribution is 2.28. The predicted octanol–water partition coefficient (Wildman–Crippen LogP) is 3.91. The molecule has 0 radical (unpaired) electrons. The molecule has 0 amide bonds. The Balaban J connectivity index is 2.63. The largest absolute Gasteiger partial charge is 0.311 e. The Kier molecular flexibility index (Phi) is 6.82. The Bertz CT molecular complexity index is 244. The van der Waals surface area contributed by atoms with Crippen molar-refractivity contribution in [2.45, 2.75) is 79.3 Å². The molecule has 0 aromatic rings. The highest BCUT2D eigenvalue weighted by molar-refractivity contribution is 4.91. The van der Waals surface area contributed by atoms with Crippen LogP contribution in [-0.2, 0) is 0 Å². The van der Waals surface area contributed by atoms with Gasteiger partial charge in [-0.15, -0.1) is 0 Å². The SMILES string of the molecule is CCCCC(CC)CN1CC(C)NCC1C(C)(C)C. The second-order valence-electron chi connectivity index (χ2n) is 7.56. The van der Waals surface area contributed by atoms with Crippen molar-refractivity contribution in [3.8, 4) is 0 Å². The summed E-state index contributed by atoms with van der Waals surface area (Å²) < 4.78 is 0. The molecule has 0 aromatic heterocycles. The Hall–Kier alpha value is -0.0800. The number of hydrogen-bond acceptors (Lipinski definition) is 2. The first-order valence-corrected chi connectivity index (χ1v) is 8.35. The van der Waals surface area contributed by atoms with Gasteiger partial charge in [-0.3, -0.25) is 4.90 Å². The minimum atomic E-state index is 0.371. The molecule has 3 unspecified atom stereocenters. The standard InChI is InChI=1S/C17H36N2/c1-7-9-10-15(8-2)13-19-12-14(3)18-11-16(19)17(4,5)6/h14-16,18H,7-13H2,1-6H3. The quantitative estimate of drug-likeness (QED) is 0.785. The average Bonchev–Trinajstić information content (AvgIpc) is 2.32. The molecule has 2 heteroatoms. The van der Waals surface area contributed by atoms with Gasteiger partial charge in [-0.1, -0.05) is 53.9 Å². The summed E-state index contributed by atoms with van der Waals surface area (Å²) in [4.78, 5) is 2.77. The summed E-state index contributed by atoms with van der Waals surface area (Å²) >= 11 is 0. The van der Waals surface area contributed by atoms with E-state index in [1.54, 1.807) is 0 Å². The third-order valence-corrected chi connectivity index (χ3v) is 4.64. The molecule has 1 heterocycles. The van der Waals surface area contributed by atoms with E-state index in [0.717, 1.165) is 12.5 Å². The fraction of sp³-hybridized carbons (Fsp3) is 1.00. The number of nitrogens with zero attached hydrogens (tertiary/aromatic N) is 1. The van der Waals surface area contributed by atoms with E-state index >= 15 is 0 Å². The maximum atomic E-state index is 3.66. The third-order valence-electron chi connectivity index (χ3n) is 4.64. The second-order valence-corrected chi connectivity index (χ2v) is 7.56. The maximum absolute atomic E-state index is 3.66. The summed E-state index contributed by atoms with van der Waals surface area (Å²) in [6, 6.07) is 1.32. The zero-order valence-corrected chi connectivity index (χ0v) is 14.1. The lowest BCUT2D eigenvalue weighted by Crippen LogP contribution is -2.60. The Morgan fingerprint density at radius 1 is 1.26 bits per heavy atom. The lowest BCUT2D eigenvalue weighted by atomic mass is 9.83. The molecule has 1 aliphatic heterocycles. The van der Waals surface area contributed by atoms with Crippen LogP contribution in [-0.4, -0.2) is 36.6 Å². The van der Waals surface area contributed by atoms with Gasteiger partial charge in [0.1, 0.15) is 0 Å². The lowest BCUT2D eigenvalue weighted by molar-refractivity contribution is 0.0438. The molecule has 2 nitrogen and oxygen atoms in total. The summed E-state index contributed by atoms with van der Waals surface area (Å²) in [7, 11) is 0. The molecule has 1 fully saturated rings. The molecule has 1 N–H and O–H groups in total. The van der Waals surface area contributed by atoms with Crippen LogP contribution in [0.4, 0.5) is 0 Å². The summed E-state index contributed by atoms with van der Waals surface area (Å²) in [5.41, 5.74) is 0.371. The van der Waals surface area contributed by atoms with Gasteiger partial charge in [-0.2, -0.15) is 0 Å². The van der Waals surface area contributed by atoms with E-state index in [0.29, 0.717) is 17.5 Å². The van der Waals surface area contributed by atoms with E-state index in [9.17, 15) is 0 Å². The van der Waals surface area contributed by atoms with Gasteiger partial charge in [0.15, 0.2) is 0 Å². The first-order chi connectivity index (χ1) is 8.88. The highest BCUT2D eigenvalue weighted by atomic mass is 15.2. The minimum absolute atomic E-state index is 0.371. The summed E-state index contributed by atoms with van der Waals surface area (Å²) in [5.74, 6) is 0.884. The molecule has 0 bridgehead atoms. The van der Waals surface area contributed by atoms with Gasteiger partial charge in [0, 0.05) is 31.7 Å². The Labute approximate surface area is 121 Å².